The van der Waals surface area contributed by atoms with Crippen molar-refractivity contribution in [2.75, 3.05) is 4.90 Å². The van der Waals surface area contributed by atoms with Gasteiger partial charge < -0.3 is 4.90 Å². The van der Waals surface area contributed by atoms with Crippen molar-refractivity contribution in [2.45, 2.75) is 0 Å². The van der Waals surface area contributed by atoms with Crippen molar-refractivity contribution in [1.82, 2.24) is 0 Å². The van der Waals surface area contributed by atoms with Crippen LogP contribution in [0.5, 0.6) is 0 Å². The minimum atomic E-state index is 1.09. The SMILES string of the molecule is c1ccc(-c2ccc(N(c3ccc(-c4cccc5cccc(-c6ccccc6)c45)cc3)c3cccc(-c4cccc(-c5ccccc5-c5ccccc5)c4)c3)cc2)cc1. The normalized spacial score (nSPS) is 11.1. The monoisotopic (exact) mass is 751 g/mol. The van der Waals surface area contributed by atoms with Gasteiger partial charge in [0.25, 0.3) is 0 Å². The molecule has 0 amide bonds. The fraction of sp³-hybridized carbons (Fsp3) is 0. The van der Waals surface area contributed by atoms with Crippen LogP contribution < -0.4 is 4.90 Å². The van der Waals surface area contributed by atoms with E-state index in [1.807, 2.05) is 0 Å². The van der Waals surface area contributed by atoms with E-state index in [9.17, 15) is 0 Å². The third-order valence-electron chi connectivity index (χ3n) is 11.3. The Balaban J connectivity index is 1.06. The van der Waals surface area contributed by atoms with Crippen molar-refractivity contribution >= 4 is 27.8 Å². The van der Waals surface area contributed by atoms with Crippen LogP contribution in [0.4, 0.5) is 17.1 Å². The topological polar surface area (TPSA) is 3.24 Å². The van der Waals surface area contributed by atoms with E-state index < -0.39 is 0 Å². The van der Waals surface area contributed by atoms with Gasteiger partial charge >= 0.3 is 0 Å². The number of hydrogen-bond acceptors (Lipinski definition) is 1. The van der Waals surface area contributed by atoms with Crippen LogP contribution in [0.25, 0.3) is 77.5 Å². The van der Waals surface area contributed by atoms with Gasteiger partial charge in [-0.2, -0.15) is 0 Å². The Morgan fingerprint density at radius 3 is 1.17 bits per heavy atom. The van der Waals surface area contributed by atoms with Gasteiger partial charge in [0.1, 0.15) is 0 Å². The number of benzene rings is 10. The summed E-state index contributed by atoms with van der Waals surface area (Å²) in [5.74, 6) is 0. The lowest BCUT2D eigenvalue weighted by atomic mass is 9.91. The van der Waals surface area contributed by atoms with E-state index in [4.69, 9.17) is 0 Å². The van der Waals surface area contributed by atoms with Crippen molar-refractivity contribution in [2.24, 2.45) is 0 Å². The van der Waals surface area contributed by atoms with Gasteiger partial charge in [0, 0.05) is 17.1 Å². The smallest absolute Gasteiger partial charge is 0.0467 e. The predicted molar refractivity (Wildman–Crippen MR) is 251 cm³/mol. The molecule has 0 aliphatic heterocycles. The van der Waals surface area contributed by atoms with E-state index >= 15 is 0 Å². The van der Waals surface area contributed by atoms with Crippen LogP contribution >= 0.6 is 0 Å². The molecule has 0 saturated heterocycles. The highest BCUT2D eigenvalue weighted by molar-refractivity contribution is 6.06. The van der Waals surface area contributed by atoms with Gasteiger partial charge in [-0.1, -0.05) is 206 Å². The summed E-state index contributed by atoms with van der Waals surface area (Å²) < 4.78 is 0. The maximum Gasteiger partial charge on any atom is 0.0467 e. The molecule has 0 aromatic heterocycles. The first kappa shape index (κ1) is 35.7. The highest BCUT2D eigenvalue weighted by Gasteiger charge is 2.16. The lowest BCUT2D eigenvalue weighted by molar-refractivity contribution is 1.28. The zero-order valence-corrected chi connectivity index (χ0v) is 32.6. The van der Waals surface area contributed by atoms with Crippen LogP contribution in [0.3, 0.4) is 0 Å². The second-order valence-electron chi connectivity index (χ2n) is 14.9. The molecule has 1 heteroatoms. The molecule has 1 nitrogen and oxygen atoms in total. The third-order valence-corrected chi connectivity index (χ3v) is 11.3. The molecule has 0 bridgehead atoms. The Bertz CT molecular complexity index is 3000. The quantitative estimate of drug-likeness (QED) is 0.142. The molecular weight excluding hydrogens is 711 g/mol. The van der Waals surface area contributed by atoms with E-state index in [0.29, 0.717) is 0 Å². The lowest BCUT2D eigenvalue weighted by Gasteiger charge is -2.26. The summed E-state index contributed by atoms with van der Waals surface area (Å²) >= 11 is 0. The Kier molecular flexibility index (Phi) is 9.68. The van der Waals surface area contributed by atoms with Gasteiger partial charge in [0.15, 0.2) is 0 Å². The zero-order valence-electron chi connectivity index (χ0n) is 32.6. The Morgan fingerprint density at radius 1 is 0.203 bits per heavy atom. The Morgan fingerprint density at radius 2 is 0.576 bits per heavy atom. The second kappa shape index (κ2) is 16.0. The molecule has 0 fully saturated rings. The first-order valence-electron chi connectivity index (χ1n) is 20.3. The van der Waals surface area contributed by atoms with E-state index in [2.05, 4.69) is 254 Å². The summed E-state index contributed by atoms with van der Waals surface area (Å²) in [6.07, 6.45) is 0. The molecule has 10 aromatic rings. The zero-order chi connectivity index (χ0) is 39.4. The molecule has 0 spiro atoms. The molecule has 0 aliphatic rings. The largest absolute Gasteiger partial charge is 0.310 e. The summed E-state index contributed by atoms with van der Waals surface area (Å²) in [6, 6.07) is 89.7. The molecule has 10 rings (SSSR count). The maximum atomic E-state index is 2.37. The van der Waals surface area contributed by atoms with Crippen molar-refractivity contribution in [3.05, 3.63) is 249 Å². The first-order chi connectivity index (χ1) is 29.3. The summed E-state index contributed by atoms with van der Waals surface area (Å²) in [4.78, 5) is 2.37. The summed E-state index contributed by atoms with van der Waals surface area (Å²) in [5.41, 5.74) is 17.7. The van der Waals surface area contributed by atoms with Crippen molar-refractivity contribution in [3.8, 4) is 66.8 Å². The van der Waals surface area contributed by atoms with Gasteiger partial charge in [0.2, 0.25) is 0 Å². The molecule has 0 radical (unpaired) electrons. The van der Waals surface area contributed by atoms with E-state index in [-0.39, 0.29) is 0 Å². The van der Waals surface area contributed by atoms with Crippen LogP contribution in [0.2, 0.25) is 0 Å². The average molecular weight is 752 g/mol. The Hall–Kier alpha value is -7.74. The molecule has 278 valence electrons. The summed E-state index contributed by atoms with van der Waals surface area (Å²) in [7, 11) is 0. The molecule has 0 unspecified atom stereocenters. The average Bonchev–Trinajstić information content (AvgIpc) is 3.33. The molecular formula is C58H41N. The standard InChI is InChI=1S/C58H41N/c1-4-16-42(17-5-1)43-32-36-51(37-33-43)59(52-38-34-46(35-39-52)57-31-15-23-47-22-14-30-56(58(47)57)45-20-8-3-9-21-45)53-27-13-25-49(41-53)48-24-12-26-50(40-48)55-29-11-10-28-54(55)44-18-6-2-7-19-44/h1-41H. The predicted octanol–water partition coefficient (Wildman–Crippen LogP) is 16.3. The van der Waals surface area contributed by atoms with Crippen LogP contribution in [0.15, 0.2) is 249 Å². The van der Waals surface area contributed by atoms with Crippen molar-refractivity contribution in [1.29, 1.82) is 0 Å². The second-order valence-corrected chi connectivity index (χ2v) is 14.9. The van der Waals surface area contributed by atoms with E-state index in [0.717, 1.165) is 22.6 Å². The molecule has 59 heavy (non-hydrogen) atoms. The molecule has 0 N–H and O–H groups in total. The van der Waals surface area contributed by atoms with Gasteiger partial charge in [-0.05, 0) is 120 Å². The van der Waals surface area contributed by atoms with Crippen molar-refractivity contribution < 1.29 is 0 Å². The van der Waals surface area contributed by atoms with E-state index in [1.54, 1.807) is 0 Å². The maximum absolute atomic E-state index is 2.37. The highest BCUT2D eigenvalue weighted by Crippen LogP contribution is 2.41. The molecule has 0 aliphatic carbocycles. The molecule has 0 heterocycles. The van der Waals surface area contributed by atoms with Crippen LogP contribution in [-0.4, -0.2) is 0 Å². The summed E-state index contributed by atoms with van der Waals surface area (Å²) in [6.45, 7) is 0. The number of fused-ring (bicyclic) bond motifs is 1. The Labute approximate surface area is 346 Å². The minimum Gasteiger partial charge on any atom is -0.310 e. The van der Waals surface area contributed by atoms with Crippen LogP contribution in [0, 0.1) is 0 Å². The van der Waals surface area contributed by atoms with Gasteiger partial charge in [-0.3, -0.25) is 0 Å². The highest BCUT2D eigenvalue weighted by atomic mass is 15.1. The van der Waals surface area contributed by atoms with Crippen molar-refractivity contribution in [3.63, 3.8) is 0 Å². The van der Waals surface area contributed by atoms with Gasteiger partial charge in [0.05, 0.1) is 0 Å². The first-order valence-corrected chi connectivity index (χ1v) is 20.3. The van der Waals surface area contributed by atoms with Crippen LogP contribution in [0.1, 0.15) is 0 Å². The van der Waals surface area contributed by atoms with Crippen LogP contribution in [-0.2, 0) is 0 Å². The minimum absolute atomic E-state index is 1.09. The fourth-order valence-electron chi connectivity index (χ4n) is 8.41. The number of nitrogens with zero attached hydrogens (tertiary/aromatic N) is 1. The molecule has 0 atom stereocenters. The number of hydrogen-bond donors (Lipinski definition) is 0. The number of anilines is 3. The third kappa shape index (κ3) is 7.23. The molecule has 10 aromatic carbocycles. The molecule has 0 saturated carbocycles. The fourth-order valence-corrected chi connectivity index (χ4v) is 8.41. The number of rotatable bonds is 9. The van der Waals surface area contributed by atoms with Gasteiger partial charge in [-0.15, -0.1) is 0 Å². The van der Waals surface area contributed by atoms with E-state index in [1.165, 1.54) is 72.0 Å². The van der Waals surface area contributed by atoms with Gasteiger partial charge in [-0.25, -0.2) is 0 Å². The summed E-state index contributed by atoms with van der Waals surface area (Å²) in [5, 5.41) is 2.50. The lowest BCUT2D eigenvalue weighted by Crippen LogP contribution is -2.10.